The Kier molecular flexibility index (Phi) is 2.67. The van der Waals surface area contributed by atoms with Gasteiger partial charge in [-0.1, -0.05) is 12.1 Å². The zero-order valence-corrected chi connectivity index (χ0v) is 7.93. The van der Waals surface area contributed by atoms with Crippen molar-refractivity contribution in [3.8, 4) is 0 Å². The fraction of sp³-hybridized carbons (Fsp3) is 0.400. The van der Waals surface area contributed by atoms with Crippen molar-refractivity contribution in [3.63, 3.8) is 0 Å². The standard InChI is InChI=1S/C10H11F3N2/c11-10(12,13)8-3-1-2-7(6-8)9-4-5-14-15-9/h1-3,6,9,14-15H,4-5H2. The first-order valence-corrected chi connectivity index (χ1v) is 4.73. The van der Waals surface area contributed by atoms with Gasteiger partial charge in [0.15, 0.2) is 0 Å². The first kappa shape index (κ1) is 10.4. The molecule has 82 valence electrons. The van der Waals surface area contributed by atoms with Gasteiger partial charge in [0.05, 0.1) is 5.56 Å². The number of alkyl halides is 3. The Morgan fingerprint density at radius 1 is 1.27 bits per heavy atom. The van der Waals surface area contributed by atoms with Gasteiger partial charge < -0.3 is 0 Å². The first-order valence-electron chi connectivity index (χ1n) is 4.73. The highest BCUT2D eigenvalue weighted by Crippen LogP contribution is 2.31. The van der Waals surface area contributed by atoms with Crippen LogP contribution in [0, 0.1) is 0 Å². The lowest BCUT2D eigenvalue weighted by Gasteiger charge is -2.12. The molecule has 1 aromatic carbocycles. The van der Waals surface area contributed by atoms with Gasteiger partial charge in [-0.05, 0) is 24.1 Å². The Morgan fingerprint density at radius 3 is 2.67 bits per heavy atom. The van der Waals surface area contributed by atoms with Crippen molar-refractivity contribution in [3.05, 3.63) is 35.4 Å². The molecule has 2 rings (SSSR count). The van der Waals surface area contributed by atoms with Crippen LogP contribution in [0.2, 0.25) is 0 Å². The van der Waals surface area contributed by atoms with E-state index in [0.29, 0.717) is 5.56 Å². The summed E-state index contributed by atoms with van der Waals surface area (Å²) in [7, 11) is 0. The van der Waals surface area contributed by atoms with Crippen LogP contribution in [0.1, 0.15) is 23.6 Å². The summed E-state index contributed by atoms with van der Waals surface area (Å²) in [6, 6.07) is 5.42. The second-order valence-corrected chi connectivity index (χ2v) is 3.54. The van der Waals surface area contributed by atoms with Crippen molar-refractivity contribution in [2.24, 2.45) is 0 Å². The molecule has 0 aromatic heterocycles. The molecule has 2 nitrogen and oxygen atoms in total. The smallest absolute Gasteiger partial charge is 0.257 e. The Bertz CT molecular complexity index is 343. The molecule has 1 aliphatic rings. The van der Waals surface area contributed by atoms with Crippen LogP contribution in [0.3, 0.4) is 0 Å². The fourth-order valence-corrected chi connectivity index (χ4v) is 1.67. The van der Waals surface area contributed by atoms with E-state index in [1.807, 2.05) is 0 Å². The van der Waals surface area contributed by atoms with E-state index in [2.05, 4.69) is 10.9 Å². The molecule has 0 amide bonds. The van der Waals surface area contributed by atoms with Gasteiger partial charge in [-0.25, -0.2) is 0 Å². The molecule has 1 atom stereocenters. The summed E-state index contributed by atoms with van der Waals surface area (Å²) >= 11 is 0. The van der Waals surface area contributed by atoms with E-state index in [-0.39, 0.29) is 6.04 Å². The molecule has 5 heteroatoms. The lowest BCUT2D eigenvalue weighted by Crippen LogP contribution is -2.24. The third kappa shape index (κ3) is 2.30. The van der Waals surface area contributed by atoms with E-state index in [4.69, 9.17) is 0 Å². The molecule has 0 saturated carbocycles. The molecule has 1 heterocycles. The van der Waals surface area contributed by atoms with Crippen molar-refractivity contribution in [2.75, 3.05) is 6.54 Å². The molecule has 1 saturated heterocycles. The Labute approximate surface area is 85.5 Å². The molecule has 15 heavy (non-hydrogen) atoms. The quantitative estimate of drug-likeness (QED) is 0.752. The SMILES string of the molecule is FC(F)(F)c1cccc(C2CCNN2)c1. The Morgan fingerprint density at radius 2 is 2.07 bits per heavy atom. The van der Waals surface area contributed by atoms with Gasteiger partial charge in [-0.15, -0.1) is 0 Å². The third-order valence-electron chi connectivity index (χ3n) is 2.45. The number of hydrazine groups is 1. The van der Waals surface area contributed by atoms with Crippen LogP contribution in [0.25, 0.3) is 0 Å². The number of hydrogen-bond acceptors (Lipinski definition) is 2. The van der Waals surface area contributed by atoms with Crippen LogP contribution in [-0.4, -0.2) is 6.54 Å². The summed E-state index contributed by atoms with van der Waals surface area (Å²) in [6.07, 6.45) is -3.46. The summed E-state index contributed by atoms with van der Waals surface area (Å²) in [4.78, 5) is 0. The molecule has 1 aliphatic heterocycles. The summed E-state index contributed by atoms with van der Waals surface area (Å²) in [5.74, 6) is 0. The molecule has 1 aromatic rings. The topological polar surface area (TPSA) is 24.1 Å². The number of nitrogens with one attached hydrogen (secondary N) is 2. The highest BCUT2D eigenvalue weighted by molar-refractivity contribution is 5.28. The summed E-state index contributed by atoms with van der Waals surface area (Å²) in [6.45, 7) is 0.779. The predicted octanol–water partition coefficient (Wildman–Crippen LogP) is 2.24. The second-order valence-electron chi connectivity index (χ2n) is 3.54. The predicted molar refractivity (Wildman–Crippen MR) is 49.9 cm³/mol. The highest BCUT2D eigenvalue weighted by Gasteiger charge is 2.31. The number of halogens is 3. The van der Waals surface area contributed by atoms with Gasteiger partial charge in [0, 0.05) is 12.6 Å². The molecule has 2 N–H and O–H groups in total. The number of hydrogen-bond donors (Lipinski definition) is 2. The van der Waals surface area contributed by atoms with E-state index in [1.54, 1.807) is 6.07 Å². The Hall–Kier alpha value is -1.07. The van der Waals surface area contributed by atoms with Crippen LogP contribution in [0.4, 0.5) is 13.2 Å². The van der Waals surface area contributed by atoms with Gasteiger partial charge >= 0.3 is 6.18 Å². The minimum absolute atomic E-state index is 0.0210. The number of rotatable bonds is 1. The van der Waals surface area contributed by atoms with Gasteiger partial charge in [0.2, 0.25) is 0 Å². The van der Waals surface area contributed by atoms with Crippen LogP contribution < -0.4 is 10.9 Å². The fourth-order valence-electron chi connectivity index (χ4n) is 1.67. The van der Waals surface area contributed by atoms with Gasteiger partial charge in [0.1, 0.15) is 0 Å². The van der Waals surface area contributed by atoms with Crippen molar-refractivity contribution in [1.82, 2.24) is 10.9 Å². The molecule has 1 unspecified atom stereocenters. The molecule has 1 fully saturated rings. The maximum Gasteiger partial charge on any atom is 0.416 e. The first-order chi connectivity index (χ1) is 7.07. The summed E-state index contributed by atoms with van der Waals surface area (Å²) in [5.41, 5.74) is 5.92. The zero-order valence-electron chi connectivity index (χ0n) is 7.93. The van der Waals surface area contributed by atoms with E-state index in [1.165, 1.54) is 12.1 Å². The largest absolute Gasteiger partial charge is 0.416 e. The minimum atomic E-state index is -4.26. The van der Waals surface area contributed by atoms with Gasteiger partial charge in [-0.2, -0.15) is 13.2 Å². The summed E-state index contributed by atoms with van der Waals surface area (Å²) < 4.78 is 37.3. The van der Waals surface area contributed by atoms with E-state index in [0.717, 1.165) is 19.0 Å². The third-order valence-corrected chi connectivity index (χ3v) is 2.45. The molecule has 0 spiro atoms. The monoisotopic (exact) mass is 216 g/mol. The van der Waals surface area contributed by atoms with Crippen LogP contribution >= 0.6 is 0 Å². The van der Waals surface area contributed by atoms with E-state index < -0.39 is 11.7 Å². The van der Waals surface area contributed by atoms with Crippen molar-refractivity contribution >= 4 is 0 Å². The molecule has 0 bridgehead atoms. The van der Waals surface area contributed by atoms with E-state index in [9.17, 15) is 13.2 Å². The lowest BCUT2D eigenvalue weighted by molar-refractivity contribution is -0.137. The molecular weight excluding hydrogens is 205 g/mol. The lowest BCUT2D eigenvalue weighted by atomic mass is 10.0. The van der Waals surface area contributed by atoms with Crippen LogP contribution in [0.5, 0.6) is 0 Å². The normalized spacial score (nSPS) is 21.9. The maximum atomic E-state index is 12.4. The van der Waals surface area contributed by atoms with Crippen molar-refractivity contribution in [1.29, 1.82) is 0 Å². The van der Waals surface area contributed by atoms with Crippen LogP contribution in [0.15, 0.2) is 24.3 Å². The van der Waals surface area contributed by atoms with Gasteiger partial charge in [-0.3, -0.25) is 10.9 Å². The summed E-state index contributed by atoms with van der Waals surface area (Å²) in [5, 5.41) is 0. The minimum Gasteiger partial charge on any atom is -0.257 e. The van der Waals surface area contributed by atoms with Crippen LogP contribution in [-0.2, 0) is 6.18 Å². The molecule has 0 aliphatic carbocycles. The average Bonchev–Trinajstić information content (AvgIpc) is 2.69. The van der Waals surface area contributed by atoms with Gasteiger partial charge in [0.25, 0.3) is 0 Å². The highest BCUT2D eigenvalue weighted by atomic mass is 19.4. The number of benzene rings is 1. The second kappa shape index (κ2) is 3.83. The molecule has 0 radical (unpaired) electrons. The molecular formula is C10H11F3N2. The Balaban J connectivity index is 2.26. The average molecular weight is 216 g/mol. The maximum absolute atomic E-state index is 12.4. The van der Waals surface area contributed by atoms with E-state index >= 15 is 0 Å². The zero-order chi connectivity index (χ0) is 10.9. The van der Waals surface area contributed by atoms with Crippen molar-refractivity contribution < 1.29 is 13.2 Å². The van der Waals surface area contributed by atoms with Crippen molar-refractivity contribution in [2.45, 2.75) is 18.6 Å².